The third-order valence-corrected chi connectivity index (χ3v) is 3.54. The second-order valence-corrected chi connectivity index (χ2v) is 5.77. The van der Waals surface area contributed by atoms with Crippen LogP contribution in [0.5, 0.6) is 0 Å². The standard InChI is InChI=1S/C14H16N2OS/c1-10(2)16-9-12(8-15-16)14(17)7-6-13-5-4-11(3)18-13/h4-10H,1-3H3. The molecule has 0 saturated heterocycles. The van der Waals surface area contributed by atoms with Gasteiger partial charge in [-0.1, -0.05) is 0 Å². The van der Waals surface area contributed by atoms with Crippen molar-refractivity contribution in [3.8, 4) is 0 Å². The van der Waals surface area contributed by atoms with Gasteiger partial charge in [-0.05, 0) is 45.1 Å². The number of hydrogen-bond acceptors (Lipinski definition) is 3. The zero-order valence-electron chi connectivity index (χ0n) is 10.8. The maximum absolute atomic E-state index is 11.9. The first-order valence-corrected chi connectivity index (χ1v) is 6.71. The van der Waals surface area contributed by atoms with Crippen molar-refractivity contribution in [2.24, 2.45) is 0 Å². The smallest absolute Gasteiger partial charge is 0.189 e. The fourth-order valence-corrected chi connectivity index (χ4v) is 2.32. The molecule has 2 rings (SSSR count). The Morgan fingerprint density at radius 1 is 1.44 bits per heavy atom. The van der Waals surface area contributed by atoms with Gasteiger partial charge in [0.2, 0.25) is 0 Å². The first kappa shape index (κ1) is 12.8. The predicted octanol–water partition coefficient (Wildman–Crippen LogP) is 3.73. The van der Waals surface area contributed by atoms with Gasteiger partial charge in [0, 0.05) is 22.0 Å². The molecule has 2 aromatic rings. The van der Waals surface area contributed by atoms with Crippen LogP contribution in [-0.2, 0) is 0 Å². The maximum Gasteiger partial charge on any atom is 0.189 e. The van der Waals surface area contributed by atoms with E-state index in [4.69, 9.17) is 0 Å². The lowest BCUT2D eigenvalue weighted by Crippen LogP contribution is -2.00. The van der Waals surface area contributed by atoms with E-state index < -0.39 is 0 Å². The Kier molecular flexibility index (Phi) is 3.77. The van der Waals surface area contributed by atoms with E-state index in [-0.39, 0.29) is 11.8 Å². The molecule has 0 amide bonds. The van der Waals surface area contributed by atoms with Crippen LogP contribution < -0.4 is 0 Å². The Bertz CT molecular complexity index is 578. The summed E-state index contributed by atoms with van der Waals surface area (Å²) >= 11 is 1.68. The summed E-state index contributed by atoms with van der Waals surface area (Å²) in [6.45, 7) is 6.12. The van der Waals surface area contributed by atoms with Crippen molar-refractivity contribution in [2.75, 3.05) is 0 Å². The summed E-state index contributed by atoms with van der Waals surface area (Å²) in [5.41, 5.74) is 0.633. The van der Waals surface area contributed by atoms with E-state index in [1.807, 2.05) is 32.1 Å². The molecule has 0 bridgehead atoms. The van der Waals surface area contributed by atoms with Crippen molar-refractivity contribution in [1.29, 1.82) is 0 Å². The number of thiophene rings is 1. The zero-order chi connectivity index (χ0) is 13.1. The highest BCUT2D eigenvalue weighted by atomic mass is 32.1. The van der Waals surface area contributed by atoms with Crippen LogP contribution in [0.1, 0.15) is 40.0 Å². The summed E-state index contributed by atoms with van der Waals surface area (Å²) in [5.74, 6) is -0.00652. The van der Waals surface area contributed by atoms with Crippen molar-refractivity contribution in [3.05, 3.63) is 45.9 Å². The van der Waals surface area contributed by atoms with Crippen LogP contribution in [-0.4, -0.2) is 15.6 Å². The summed E-state index contributed by atoms with van der Waals surface area (Å²) < 4.78 is 1.79. The van der Waals surface area contributed by atoms with Crippen LogP contribution in [0.25, 0.3) is 6.08 Å². The van der Waals surface area contributed by atoms with Gasteiger partial charge in [-0.25, -0.2) is 0 Å². The molecule has 4 heteroatoms. The lowest BCUT2D eigenvalue weighted by Gasteiger charge is -2.02. The lowest BCUT2D eigenvalue weighted by atomic mass is 10.2. The summed E-state index contributed by atoms with van der Waals surface area (Å²) in [5, 5.41) is 4.16. The largest absolute Gasteiger partial charge is 0.289 e. The molecule has 0 atom stereocenters. The van der Waals surface area contributed by atoms with Crippen molar-refractivity contribution in [1.82, 2.24) is 9.78 Å². The molecular formula is C14H16N2OS. The summed E-state index contributed by atoms with van der Waals surface area (Å²) in [7, 11) is 0. The van der Waals surface area contributed by atoms with Crippen molar-refractivity contribution < 1.29 is 4.79 Å². The molecule has 0 aliphatic rings. The van der Waals surface area contributed by atoms with Crippen molar-refractivity contribution in [3.63, 3.8) is 0 Å². The van der Waals surface area contributed by atoms with Crippen molar-refractivity contribution in [2.45, 2.75) is 26.8 Å². The Hall–Kier alpha value is -1.68. The third-order valence-electron chi connectivity index (χ3n) is 2.58. The van der Waals surface area contributed by atoms with Gasteiger partial charge in [-0.3, -0.25) is 9.48 Å². The monoisotopic (exact) mass is 260 g/mol. The van der Waals surface area contributed by atoms with E-state index in [1.54, 1.807) is 34.5 Å². The second-order valence-electron chi connectivity index (χ2n) is 4.45. The van der Waals surface area contributed by atoms with Crippen molar-refractivity contribution >= 4 is 23.2 Å². The second kappa shape index (κ2) is 5.31. The molecule has 0 aliphatic heterocycles. The van der Waals surface area contributed by atoms with Gasteiger partial charge >= 0.3 is 0 Å². The van der Waals surface area contributed by atoms with Gasteiger partial charge in [0.1, 0.15) is 0 Å². The minimum absolute atomic E-state index is 0.00652. The number of ketones is 1. The van der Waals surface area contributed by atoms with Crippen LogP contribution >= 0.6 is 11.3 Å². The fraction of sp³-hybridized carbons (Fsp3) is 0.286. The Morgan fingerprint density at radius 2 is 2.22 bits per heavy atom. The van der Waals surface area contributed by atoms with Crippen LogP contribution in [0.4, 0.5) is 0 Å². The van der Waals surface area contributed by atoms with E-state index in [9.17, 15) is 4.79 Å². The van der Waals surface area contributed by atoms with E-state index in [1.165, 1.54) is 4.88 Å². The number of nitrogens with zero attached hydrogens (tertiary/aromatic N) is 2. The minimum atomic E-state index is -0.00652. The third kappa shape index (κ3) is 2.96. The molecular weight excluding hydrogens is 244 g/mol. The molecule has 0 N–H and O–H groups in total. The molecule has 0 aliphatic carbocycles. The Labute approximate surface area is 111 Å². The maximum atomic E-state index is 11.9. The first-order valence-electron chi connectivity index (χ1n) is 5.89. The molecule has 0 unspecified atom stereocenters. The number of carbonyl (C=O) groups excluding carboxylic acids is 1. The molecule has 18 heavy (non-hydrogen) atoms. The van der Waals surface area contributed by atoms with Crippen LogP contribution in [0.2, 0.25) is 0 Å². The lowest BCUT2D eigenvalue weighted by molar-refractivity contribution is 0.104. The molecule has 0 saturated carbocycles. The highest BCUT2D eigenvalue weighted by molar-refractivity contribution is 7.12. The van der Waals surface area contributed by atoms with Crippen LogP contribution in [0, 0.1) is 6.92 Å². The molecule has 2 aromatic heterocycles. The van der Waals surface area contributed by atoms with Gasteiger partial charge in [-0.2, -0.15) is 5.10 Å². The van der Waals surface area contributed by atoms with E-state index in [0.717, 1.165) is 4.88 Å². The molecule has 3 nitrogen and oxygen atoms in total. The summed E-state index contributed by atoms with van der Waals surface area (Å²) in [4.78, 5) is 14.3. The number of carbonyl (C=O) groups is 1. The molecule has 0 aromatic carbocycles. The highest BCUT2D eigenvalue weighted by Crippen LogP contribution is 2.17. The zero-order valence-corrected chi connectivity index (χ0v) is 11.6. The van der Waals surface area contributed by atoms with Gasteiger partial charge in [0.25, 0.3) is 0 Å². The molecule has 0 fully saturated rings. The Balaban J connectivity index is 2.09. The van der Waals surface area contributed by atoms with Crippen LogP contribution in [0.3, 0.4) is 0 Å². The molecule has 0 spiro atoms. The number of rotatable bonds is 4. The molecule has 2 heterocycles. The highest BCUT2D eigenvalue weighted by Gasteiger charge is 2.07. The quantitative estimate of drug-likeness (QED) is 0.620. The summed E-state index contributed by atoms with van der Waals surface area (Å²) in [6.07, 6.45) is 6.86. The SMILES string of the molecule is Cc1ccc(C=CC(=O)c2cnn(C(C)C)c2)s1. The van der Waals surface area contributed by atoms with Gasteiger partial charge < -0.3 is 0 Å². The Morgan fingerprint density at radius 3 is 2.78 bits per heavy atom. The average Bonchev–Trinajstić information content (AvgIpc) is 2.94. The van der Waals surface area contributed by atoms with Gasteiger partial charge in [-0.15, -0.1) is 11.3 Å². The number of aryl methyl sites for hydroxylation is 1. The fourth-order valence-electron chi connectivity index (χ4n) is 1.54. The predicted molar refractivity (Wildman–Crippen MR) is 75.0 cm³/mol. The van der Waals surface area contributed by atoms with Gasteiger partial charge in [0.05, 0.1) is 11.8 Å². The molecule has 94 valence electrons. The summed E-state index contributed by atoms with van der Waals surface area (Å²) in [6, 6.07) is 4.34. The first-order chi connectivity index (χ1) is 8.56. The number of allylic oxidation sites excluding steroid dienone is 1. The number of hydrogen-bond donors (Lipinski definition) is 0. The van der Waals surface area contributed by atoms with E-state index in [0.29, 0.717) is 5.56 Å². The molecule has 0 radical (unpaired) electrons. The minimum Gasteiger partial charge on any atom is -0.289 e. The number of aromatic nitrogens is 2. The van der Waals surface area contributed by atoms with E-state index >= 15 is 0 Å². The average molecular weight is 260 g/mol. The topological polar surface area (TPSA) is 34.9 Å². The van der Waals surface area contributed by atoms with E-state index in [2.05, 4.69) is 12.0 Å². The normalized spacial score (nSPS) is 11.6. The van der Waals surface area contributed by atoms with Crippen LogP contribution in [0.15, 0.2) is 30.6 Å². The van der Waals surface area contributed by atoms with Gasteiger partial charge in [0.15, 0.2) is 5.78 Å².